The van der Waals surface area contributed by atoms with Gasteiger partial charge in [-0.2, -0.15) is 4.98 Å². The molecule has 0 atom stereocenters. The first kappa shape index (κ1) is 24.2. The number of carbonyl (C=O) groups excluding carboxylic acids is 1. The Kier molecular flexibility index (Phi) is 7.60. The van der Waals surface area contributed by atoms with E-state index in [1.165, 1.54) is 6.08 Å². The molecule has 4 aromatic rings. The molecule has 0 saturated carbocycles. The highest BCUT2D eigenvalue weighted by atomic mass is 35.5. The summed E-state index contributed by atoms with van der Waals surface area (Å²) >= 11 is 6.37. The Bertz CT molecular complexity index is 1390. The first-order valence-corrected chi connectivity index (χ1v) is 11.5. The maximum absolute atomic E-state index is 12.3. The minimum atomic E-state index is -0.184. The van der Waals surface area contributed by atoms with Gasteiger partial charge in [-0.3, -0.25) is 4.79 Å². The lowest BCUT2D eigenvalue weighted by Gasteiger charge is -2.14. The zero-order valence-corrected chi connectivity index (χ0v) is 20.6. The van der Waals surface area contributed by atoms with E-state index in [0.29, 0.717) is 29.0 Å². The van der Waals surface area contributed by atoms with E-state index in [-0.39, 0.29) is 5.91 Å². The van der Waals surface area contributed by atoms with Gasteiger partial charge >= 0.3 is 0 Å². The first-order chi connectivity index (χ1) is 16.9. The third-order valence-electron chi connectivity index (χ3n) is 5.33. The summed E-state index contributed by atoms with van der Waals surface area (Å²) in [5.41, 5.74) is 3.22. The fourth-order valence-electron chi connectivity index (χ4n) is 3.49. The molecule has 0 aliphatic carbocycles. The van der Waals surface area contributed by atoms with Gasteiger partial charge in [0.25, 0.3) is 0 Å². The van der Waals surface area contributed by atoms with Crippen LogP contribution in [-0.4, -0.2) is 41.4 Å². The van der Waals surface area contributed by atoms with Crippen molar-refractivity contribution in [3.8, 4) is 0 Å². The number of fused-ring (bicyclic) bond motifs is 1. The van der Waals surface area contributed by atoms with Crippen LogP contribution in [0.3, 0.4) is 0 Å². The highest BCUT2D eigenvalue weighted by Gasteiger charge is 2.10. The maximum Gasteiger partial charge on any atom is 0.248 e. The van der Waals surface area contributed by atoms with Crippen molar-refractivity contribution in [1.29, 1.82) is 0 Å². The Morgan fingerprint density at radius 2 is 1.77 bits per heavy atom. The van der Waals surface area contributed by atoms with Gasteiger partial charge in [-0.1, -0.05) is 54.1 Å². The molecule has 3 N–H and O–H groups in total. The van der Waals surface area contributed by atoms with Crippen molar-refractivity contribution in [3.63, 3.8) is 0 Å². The van der Waals surface area contributed by atoms with Gasteiger partial charge in [0, 0.05) is 29.7 Å². The summed E-state index contributed by atoms with van der Waals surface area (Å²) in [6, 6.07) is 19.8. The van der Waals surface area contributed by atoms with Crippen molar-refractivity contribution in [3.05, 3.63) is 89.6 Å². The van der Waals surface area contributed by atoms with Gasteiger partial charge in [-0.25, -0.2) is 4.98 Å². The Morgan fingerprint density at radius 3 is 2.57 bits per heavy atom. The number of nitrogens with zero attached hydrogens (tertiary/aromatic N) is 3. The molecule has 0 bridgehead atoms. The van der Waals surface area contributed by atoms with Crippen LogP contribution in [0.2, 0.25) is 5.02 Å². The number of hydrogen-bond donors (Lipinski definition) is 3. The third-order valence-corrected chi connectivity index (χ3v) is 5.61. The van der Waals surface area contributed by atoms with Crippen molar-refractivity contribution in [2.75, 3.05) is 36.6 Å². The van der Waals surface area contributed by atoms with E-state index < -0.39 is 0 Å². The number of hydrogen-bond acceptors (Lipinski definition) is 6. The second kappa shape index (κ2) is 11.0. The van der Waals surface area contributed by atoms with Crippen molar-refractivity contribution in [2.45, 2.75) is 6.92 Å². The molecule has 1 heterocycles. The van der Waals surface area contributed by atoms with Gasteiger partial charge in [0.05, 0.1) is 6.20 Å². The predicted molar refractivity (Wildman–Crippen MR) is 145 cm³/mol. The summed E-state index contributed by atoms with van der Waals surface area (Å²) in [5, 5.41) is 12.1. The lowest BCUT2D eigenvalue weighted by molar-refractivity contribution is -0.111. The van der Waals surface area contributed by atoms with Crippen LogP contribution in [-0.2, 0) is 4.79 Å². The molecular formula is C27H27ClN6O. The normalized spacial score (nSPS) is 11.2. The molecule has 0 radical (unpaired) electrons. The van der Waals surface area contributed by atoms with Crippen LogP contribution < -0.4 is 16.0 Å². The molecular weight excluding hydrogens is 460 g/mol. The van der Waals surface area contributed by atoms with Crippen LogP contribution >= 0.6 is 11.6 Å². The Morgan fingerprint density at radius 1 is 1.00 bits per heavy atom. The summed E-state index contributed by atoms with van der Waals surface area (Å²) in [4.78, 5) is 23.1. The van der Waals surface area contributed by atoms with Crippen molar-refractivity contribution in [1.82, 2.24) is 14.9 Å². The van der Waals surface area contributed by atoms with Gasteiger partial charge in [-0.05, 0) is 61.6 Å². The molecule has 0 fully saturated rings. The molecule has 0 aliphatic heterocycles. The fourth-order valence-corrected chi connectivity index (χ4v) is 3.63. The quantitative estimate of drug-likeness (QED) is 0.260. The van der Waals surface area contributed by atoms with Crippen LogP contribution in [0.1, 0.15) is 5.56 Å². The highest BCUT2D eigenvalue weighted by molar-refractivity contribution is 6.32. The predicted octanol–water partition coefficient (Wildman–Crippen LogP) is 6.14. The molecule has 178 valence electrons. The summed E-state index contributed by atoms with van der Waals surface area (Å²) in [6.45, 7) is 2.61. The van der Waals surface area contributed by atoms with Crippen LogP contribution in [0.15, 0.2) is 79.0 Å². The third kappa shape index (κ3) is 6.35. The molecule has 0 aliphatic rings. The van der Waals surface area contributed by atoms with E-state index in [2.05, 4.69) is 38.1 Å². The maximum atomic E-state index is 12.3. The van der Waals surface area contributed by atoms with Crippen molar-refractivity contribution >= 4 is 57.1 Å². The first-order valence-electron chi connectivity index (χ1n) is 11.2. The topological polar surface area (TPSA) is 82.2 Å². The van der Waals surface area contributed by atoms with Gasteiger partial charge in [0.1, 0.15) is 5.02 Å². The summed E-state index contributed by atoms with van der Waals surface area (Å²) in [5.74, 6) is 0.694. The number of benzene rings is 3. The minimum Gasteiger partial charge on any atom is -0.339 e. The molecule has 1 aromatic heterocycles. The van der Waals surface area contributed by atoms with Gasteiger partial charge in [0.15, 0.2) is 5.82 Å². The molecule has 8 heteroatoms. The largest absolute Gasteiger partial charge is 0.339 e. The molecule has 3 aromatic carbocycles. The number of anilines is 5. The smallest absolute Gasteiger partial charge is 0.248 e. The van der Waals surface area contributed by atoms with E-state index in [1.54, 1.807) is 6.20 Å². The summed E-state index contributed by atoms with van der Waals surface area (Å²) in [6.07, 6.45) is 4.90. The van der Waals surface area contributed by atoms with Gasteiger partial charge < -0.3 is 20.9 Å². The molecule has 1 amide bonds. The minimum absolute atomic E-state index is 0.184. The number of rotatable bonds is 8. The Hall–Kier alpha value is -3.94. The molecule has 0 saturated heterocycles. The number of nitrogens with one attached hydrogen (secondary N) is 3. The van der Waals surface area contributed by atoms with Crippen molar-refractivity contribution in [2.24, 2.45) is 0 Å². The number of amides is 1. The zero-order chi connectivity index (χ0) is 24.8. The summed E-state index contributed by atoms with van der Waals surface area (Å²) < 4.78 is 0. The monoisotopic (exact) mass is 486 g/mol. The standard InChI is InChI=1S/C27H27ClN6O/c1-18-23(31-25(35)12-7-15-34(2)3)10-6-11-24(18)32-27-29-17-22(28)26(33-27)30-21-14-13-19-8-4-5-9-20(19)16-21/h4-14,16-17H,15H2,1-3H3,(H,31,35)(H2,29,30,32,33)/b12-7+. The molecule has 0 spiro atoms. The second-order valence-corrected chi connectivity index (χ2v) is 8.74. The lowest BCUT2D eigenvalue weighted by atomic mass is 10.1. The van der Waals surface area contributed by atoms with Gasteiger partial charge in [0.2, 0.25) is 11.9 Å². The molecule has 0 unspecified atom stereocenters. The number of likely N-dealkylation sites (N-methyl/N-ethyl adjacent to an activating group) is 1. The van der Waals surface area contributed by atoms with E-state index in [9.17, 15) is 4.79 Å². The van der Waals surface area contributed by atoms with E-state index in [4.69, 9.17) is 11.6 Å². The average Bonchev–Trinajstić information content (AvgIpc) is 2.83. The highest BCUT2D eigenvalue weighted by Crippen LogP contribution is 2.29. The lowest BCUT2D eigenvalue weighted by Crippen LogP contribution is -2.13. The van der Waals surface area contributed by atoms with Crippen LogP contribution in [0.5, 0.6) is 0 Å². The number of carbonyl (C=O) groups is 1. The average molecular weight is 487 g/mol. The van der Waals surface area contributed by atoms with Gasteiger partial charge in [-0.15, -0.1) is 0 Å². The Labute approximate surface area is 209 Å². The second-order valence-electron chi connectivity index (χ2n) is 8.33. The van der Waals surface area contributed by atoms with Crippen LogP contribution in [0.25, 0.3) is 10.8 Å². The van der Waals surface area contributed by atoms with E-state index >= 15 is 0 Å². The van der Waals surface area contributed by atoms with E-state index in [1.807, 2.05) is 80.5 Å². The number of halogens is 1. The van der Waals surface area contributed by atoms with Crippen LogP contribution in [0.4, 0.5) is 28.8 Å². The molecule has 7 nitrogen and oxygen atoms in total. The fraction of sp³-hybridized carbons (Fsp3) is 0.148. The molecule has 4 rings (SSSR count). The summed E-state index contributed by atoms with van der Waals surface area (Å²) in [7, 11) is 3.90. The Balaban J connectivity index is 1.50. The molecule has 35 heavy (non-hydrogen) atoms. The number of aromatic nitrogens is 2. The zero-order valence-electron chi connectivity index (χ0n) is 19.8. The SMILES string of the molecule is Cc1c(NC(=O)/C=C/CN(C)C)cccc1Nc1ncc(Cl)c(Nc2ccc3ccccc3c2)n1. The van der Waals surface area contributed by atoms with Crippen molar-refractivity contribution < 1.29 is 4.79 Å². The van der Waals surface area contributed by atoms with E-state index in [0.717, 1.165) is 27.7 Å². The van der Waals surface area contributed by atoms with Crippen LogP contribution in [0, 0.1) is 6.92 Å².